The van der Waals surface area contributed by atoms with Gasteiger partial charge in [0.2, 0.25) is 5.91 Å². The summed E-state index contributed by atoms with van der Waals surface area (Å²) in [5.74, 6) is -2.70. The molecule has 0 radical (unpaired) electrons. The van der Waals surface area contributed by atoms with E-state index in [1.165, 1.54) is 5.56 Å². The zero-order valence-corrected chi connectivity index (χ0v) is 18.3. The Morgan fingerprint density at radius 2 is 1.79 bits per heavy atom. The first kappa shape index (κ1) is 23.1. The van der Waals surface area contributed by atoms with Crippen molar-refractivity contribution in [2.45, 2.75) is 12.6 Å². The van der Waals surface area contributed by atoms with Gasteiger partial charge in [0, 0.05) is 85.6 Å². The third kappa shape index (κ3) is 5.48. The number of carboxylic acid groups (broad SMARTS) is 2. The predicted octanol–water partition coefficient (Wildman–Crippen LogP) is 2.09. The Labute approximate surface area is 195 Å². The number of aromatic nitrogens is 2. The van der Waals surface area contributed by atoms with Crippen LogP contribution in [0.15, 0.2) is 61.1 Å². The number of hydrogen-bond donors (Lipinski definition) is 4. The average molecular weight is 463 g/mol. The van der Waals surface area contributed by atoms with Gasteiger partial charge in [-0.05, 0) is 29.8 Å². The number of aliphatic carboxylic acids is 2. The fourth-order valence-corrected chi connectivity index (χ4v) is 4.20. The highest BCUT2D eigenvalue weighted by Crippen LogP contribution is 2.31. The molecule has 2 aromatic heterocycles. The van der Waals surface area contributed by atoms with Gasteiger partial charge in [-0.2, -0.15) is 0 Å². The summed E-state index contributed by atoms with van der Waals surface area (Å²) in [7, 11) is 0. The molecule has 0 aliphatic carbocycles. The zero-order chi connectivity index (χ0) is 24.1. The van der Waals surface area contributed by atoms with Crippen LogP contribution in [0.3, 0.4) is 0 Å². The number of rotatable bonds is 8. The highest BCUT2D eigenvalue weighted by atomic mass is 16.4. The summed E-state index contributed by atoms with van der Waals surface area (Å²) in [4.78, 5) is 46.1. The third-order valence-corrected chi connectivity index (χ3v) is 5.81. The number of aromatic amines is 1. The number of carboxylic acids is 2. The summed E-state index contributed by atoms with van der Waals surface area (Å²) in [5.41, 5.74) is 2.99. The number of benzene rings is 1. The minimum Gasteiger partial charge on any atom is -0.480 e. The molecule has 1 aromatic carbocycles. The van der Waals surface area contributed by atoms with E-state index >= 15 is 0 Å². The predicted molar refractivity (Wildman–Crippen MR) is 125 cm³/mol. The molecule has 4 N–H and O–H groups in total. The SMILES string of the molecule is O=C(O)/C=C/C(=O)Nc1ccc2c(C(C(=O)O)N3CCN(Cc4ccncc4)CC3)c[nH]c2c1. The topological polar surface area (TPSA) is 139 Å². The van der Waals surface area contributed by atoms with Gasteiger partial charge in [-0.15, -0.1) is 0 Å². The van der Waals surface area contributed by atoms with Gasteiger partial charge < -0.3 is 20.5 Å². The van der Waals surface area contributed by atoms with Gasteiger partial charge in [-0.25, -0.2) is 4.79 Å². The van der Waals surface area contributed by atoms with Gasteiger partial charge in [0.25, 0.3) is 0 Å². The van der Waals surface area contributed by atoms with Crippen molar-refractivity contribution in [3.05, 3.63) is 72.2 Å². The van der Waals surface area contributed by atoms with Crippen molar-refractivity contribution in [1.82, 2.24) is 19.8 Å². The van der Waals surface area contributed by atoms with Crippen LogP contribution in [0.4, 0.5) is 5.69 Å². The maximum Gasteiger partial charge on any atom is 0.328 e. The summed E-state index contributed by atoms with van der Waals surface area (Å²) < 4.78 is 0. The molecule has 1 atom stereocenters. The van der Waals surface area contributed by atoms with Crippen LogP contribution in [0.5, 0.6) is 0 Å². The van der Waals surface area contributed by atoms with Crippen LogP contribution in [0.25, 0.3) is 10.9 Å². The van der Waals surface area contributed by atoms with E-state index in [-0.39, 0.29) is 0 Å². The van der Waals surface area contributed by atoms with Crippen molar-refractivity contribution in [3.63, 3.8) is 0 Å². The molecule has 1 fully saturated rings. The molecule has 1 aliphatic rings. The largest absolute Gasteiger partial charge is 0.480 e. The molecular formula is C24H25N5O5. The lowest BCUT2D eigenvalue weighted by Crippen LogP contribution is -2.48. The Balaban J connectivity index is 1.46. The summed E-state index contributed by atoms with van der Waals surface area (Å²) in [6.45, 7) is 3.57. The molecule has 3 aromatic rings. The molecule has 1 amide bonds. The quantitative estimate of drug-likeness (QED) is 0.373. The number of fused-ring (bicyclic) bond motifs is 1. The number of carbonyl (C=O) groups is 3. The second kappa shape index (κ2) is 10.3. The van der Waals surface area contributed by atoms with Crippen LogP contribution in [0.1, 0.15) is 17.2 Å². The number of nitrogens with zero attached hydrogens (tertiary/aromatic N) is 3. The lowest BCUT2D eigenvalue weighted by molar-refractivity contribution is -0.144. The Bertz CT molecular complexity index is 1210. The van der Waals surface area contributed by atoms with Crippen LogP contribution in [0, 0.1) is 0 Å². The first-order chi connectivity index (χ1) is 16.4. The molecule has 0 saturated carbocycles. The Morgan fingerprint density at radius 1 is 1.06 bits per heavy atom. The first-order valence-corrected chi connectivity index (χ1v) is 10.8. The molecular weight excluding hydrogens is 438 g/mol. The highest BCUT2D eigenvalue weighted by Gasteiger charge is 2.32. The van der Waals surface area contributed by atoms with Crippen LogP contribution in [0.2, 0.25) is 0 Å². The van der Waals surface area contributed by atoms with Crippen LogP contribution in [-0.2, 0) is 20.9 Å². The molecule has 0 bridgehead atoms. The Hall–Kier alpha value is -4.02. The fraction of sp³-hybridized carbons (Fsp3) is 0.250. The Kier molecular flexibility index (Phi) is 7.00. The van der Waals surface area contributed by atoms with Crippen LogP contribution in [-0.4, -0.2) is 74.0 Å². The fourth-order valence-electron chi connectivity index (χ4n) is 4.20. The smallest absolute Gasteiger partial charge is 0.328 e. The average Bonchev–Trinajstić information content (AvgIpc) is 3.22. The van der Waals surface area contributed by atoms with Crippen molar-refractivity contribution in [2.75, 3.05) is 31.5 Å². The summed E-state index contributed by atoms with van der Waals surface area (Å²) in [6.07, 6.45) is 6.93. The molecule has 1 saturated heterocycles. The van der Waals surface area contributed by atoms with E-state index in [0.29, 0.717) is 29.9 Å². The van der Waals surface area contributed by atoms with E-state index in [2.05, 4.69) is 20.2 Å². The van der Waals surface area contributed by atoms with E-state index < -0.39 is 23.9 Å². The number of carbonyl (C=O) groups excluding carboxylic acids is 1. The van der Waals surface area contributed by atoms with Gasteiger partial charge in [-0.1, -0.05) is 6.07 Å². The lowest BCUT2D eigenvalue weighted by atomic mass is 10.0. The first-order valence-electron chi connectivity index (χ1n) is 10.8. The monoisotopic (exact) mass is 463 g/mol. The molecule has 176 valence electrons. The number of nitrogens with one attached hydrogen (secondary N) is 2. The highest BCUT2D eigenvalue weighted by molar-refractivity contribution is 6.03. The minimum atomic E-state index is -1.21. The van der Waals surface area contributed by atoms with E-state index in [0.717, 1.165) is 37.2 Å². The van der Waals surface area contributed by atoms with Gasteiger partial charge in [0.1, 0.15) is 6.04 Å². The number of anilines is 1. The minimum absolute atomic E-state index is 0.470. The van der Waals surface area contributed by atoms with E-state index in [9.17, 15) is 19.5 Å². The van der Waals surface area contributed by atoms with Gasteiger partial charge >= 0.3 is 11.9 Å². The number of pyridine rings is 1. The molecule has 1 unspecified atom stereocenters. The van der Waals surface area contributed by atoms with Crippen LogP contribution < -0.4 is 5.32 Å². The molecule has 1 aliphatic heterocycles. The van der Waals surface area contributed by atoms with Crippen molar-refractivity contribution < 1.29 is 24.6 Å². The summed E-state index contributed by atoms with van der Waals surface area (Å²) in [5, 5.41) is 22.0. The second-order valence-electron chi connectivity index (χ2n) is 8.07. The van der Waals surface area contributed by atoms with Crippen molar-refractivity contribution in [3.8, 4) is 0 Å². The third-order valence-electron chi connectivity index (χ3n) is 5.81. The van der Waals surface area contributed by atoms with Crippen molar-refractivity contribution in [2.24, 2.45) is 0 Å². The van der Waals surface area contributed by atoms with E-state index in [1.54, 1.807) is 36.8 Å². The number of piperazine rings is 1. The maximum absolute atomic E-state index is 12.3. The molecule has 4 rings (SSSR count). The van der Waals surface area contributed by atoms with E-state index in [1.807, 2.05) is 17.0 Å². The zero-order valence-electron chi connectivity index (χ0n) is 18.3. The van der Waals surface area contributed by atoms with Crippen molar-refractivity contribution in [1.29, 1.82) is 0 Å². The Morgan fingerprint density at radius 3 is 2.47 bits per heavy atom. The molecule has 3 heterocycles. The lowest BCUT2D eigenvalue weighted by Gasteiger charge is -2.37. The molecule has 10 nitrogen and oxygen atoms in total. The molecule has 34 heavy (non-hydrogen) atoms. The van der Waals surface area contributed by atoms with Gasteiger partial charge in [0.15, 0.2) is 0 Å². The molecule has 10 heteroatoms. The standard InChI is InChI=1S/C24H25N5O5/c30-21(3-4-22(31)32)27-17-1-2-18-19(14-26-20(18)13-17)23(24(33)34)29-11-9-28(10-12-29)15-16-5-7-25-8-6-16/h1-8,13-14,23,26H,9-12,15H2,(H,27,30)(H,31,32)(H,33,34)/b4-3+. The summed E-state index contributed by atoms with van der Waals surface area (Å²) in [6, 6.07) is 8.28. The van der Waals surface area contributed by atoms with Gasteiger partial charge in [-0.3, -0.25) is 24.4 Å². The number of H-pyrrole nitrogens is 1. The summed E-state index contributed by atoms with van der Waals surface area (Å²) >= 11 is 0. The van der Waals surface area contributed by atoms with Gasteiger partial charge in [0.05, 0.1) is 0 Å². The van der Waals surface area contributed by atoms with E-state index in [4.69, 9.17) is 5.11 Å². The normalized spacial score (nSPS) is 16.0. The van der Waals surface area contributed by atoms with Crippen LogP contribution >= 0.6 is 0 Å². The number of hydrogen-bond acceptors (Lipinski definition) is 6. The number of amides is 1. The van der Waals surface area contributed by atoms with Crippen molar-refractivity contribution >= 4 is 34.4 Å². The molecule has 0 spiro atoms. The second-order valence-corrected chi connectivity index (χ2v) is 8.07. The maximum atomic E-state index is 12.3.